The molecular formula is C9H13N3O. The molecule has 2 rings (SSSR count). The van der Waals surface area contributed by atoms with E-state index >= 15 is 0 Å². The van der Waals surface area contributed by atoms with Crippen LogP contribution in [-0.2, 0) is 6.54 Å². The maximum absolute atomic E-state index is 11.2. The Balaban J connectivity index is 2.08. The molecule has 1 aromatic heterocycles. The molecule has 4 nitrogen and oxygen atoms in total. The number of rotatable bonds is 2. The first-order valence-electron chi connectivity index (χ1n) is 4.58. The van der Waals surface area contributed by atoms with E-state index < -0.39 is 0 Å². The third kappa shape index (κ3) is 1.95. The summed E-state index contributed by atoms with van der Waals surface area (Å²) < 4.78 is 1.68. The first kappa shape index (κ1) is 8.44. The summed E-state index contributed by atoms with van der Waals surface area (Å²) in [5.74, 6) is 0.585. The third-order valence-corrected chi connectivity index (χ3v) is 2.40. The average Bonchev–Trinajstić information content (AvgIpc) is 2.61. The van der Waals surface area contributed by atoms with Crippen LogP contribution in [0.2, 0.25) is 0 Å². The molecule has 0 radical (unpaired) electrons. The van der Waals surface area contributed by atoms with Gasteiger partial charge in [0, 0.05) is 18.9 Å². The van der Waals surface area contributed by atoms with Crippen molar-refractivity contribution in [1.82, 2.24) is 14.9 Å². The van der Waals surface area contributed by atoms with Crippen LogP contribution in [0.1, 0.15) is 6.42 Å². The zero-order valence-corrected chi connectivity index (χ0v) is 7.44. The minimum absolute atomic E-state index is 0.144. The van der Waals surface area contributed by atoms with E-state index in [2.05, 4.69) is 10.3 Å². The number of nitrogens with zero attached hydrogens (tertiary/aromatic N) is 2. The Labute approximate surface area is 76.6 Å². The van der Waals surface area contributed by atoms with Crippen molar-refractivity contribution in [3.05, 3.63) is 28.9 Å². The van der Waals surface area contributed by atoms with Crippen LogP contribution in [-0.4, -0.2) is 22.6 Å². The lowest BCUT2D eigenvalue weighted by Crippen LogP contribution is -2.26. The predicted octanol–water partition coefficient (Wildman–Crippen LogP) is -0.147. The Bertz CT molecular complexity index is 328. The Hall–Kier alpha value is -1.16. The molecule has 1 saturated heterocycles. The van der Waals surface area contributed by atoms with E-state index in [0.29, 0.717) is 5.92 Å². The summed E-state index contributed by atoms with van der Waals surface area (Å²) in [6.45, 7) is 2.88. The summed E-state index contributed by atoms with van der Waals surface area (Å²) in [6.07, 6.45) is 4.49. The lowest BCUT2D eigenvalue weighted by atomic mass is 10.1. The van der Waals surface area contributed by atoms with E-state index in [1.54, 1.807) is 16.8 Å². The second-order valence-electron chi connectivity index (χ2n) is 3.41. The molecule has 1 aliphatic rings. The summed E-state index contributed by atoms with van der Waals surface area (Å²) >= 11 is 0. The molecule has 1 N–H and O–H groups in total. The molecule has 4 heteroatoms. The zero-order valence-electron chi connectivity index (χ0n) is 7.44. The van der Waals surface area contributed by atoms with Crippen molar-refractivity contribution >= 4 is 0 Å². The normalized spacial score (nSPS) is 22.0. The maximum atomic E-state index is 11.2. The maximum Gasteiger partial charge on any atom is 0.347 e. The number of hydrogen-bond donors (Lipinski definition) is 1. The van der Waals surface area contributed by atoms with Gasteiger partial charge in [-0.25, -0.2) is 9.78 Å². The third-order valence-electron chi connectivity index (χ3n) is 2.40. The molecule has 0 aromatic carbocycles. The van der Waals surface area contributed by atoms with Crippen molar-refractivity contribution < 1.29 is 0 Å². The van der Waals surface area contributed by atoms with Crippen LogP contribution in [0.4, 0.5) is 0 Å². The van der Waals surface area contributed by atoms with Gasteiger partial charge in [-0.15, -0.1) is 0 Å². The summed E-state index contributed by atoms with van der Waals surface area (Å²) in [5, 5.41) is 3.28. The molecule has 70 valence electrons. The second-order valence-corrected chi connectivity index (χ2v) is 3.41. The van der Waals surface area contributed by atoms with Crippen molar-refractivity contribution in [2.75, 3.05) is 13.1 Å². The fraction of sp³-hybridized carbons (Fsp3) is 0.556. The van der Waals surface area contributed by atoms with Crippen molar-refractivity contribution in [1.29, 1.82) is 0 Å². The van der Waals surface area contributed by atoms with Crippen LogP contribution >= 0.6 is 0 Å². The molecule has 13 heavy (non-hydrogen) atoms. The standard InChI is InChI=1S/C9H13N3O/c13-9-11-3-1-5-12(9)7-8-2-4-10-6-8/h1,3,5,8,10H,2,4,6-7H2. The van der Waals surface area contributed by atoms with Gasteiger partial charge in [0.25, 0.3) is 0 Å². The van der Waals surface area contributed by atoms with Gasteiger partial charge < -0.3 is 5.32 Å². The highest BCUT2D eigenvalue weighted by molar-refractivity contribution is 4.83. The highest BCUT2D eigenvalue weighted by Gasteiger charge is 2.14. The predicted molar refractivity (Wildman–Crippen MR) is 49.5 cm³/mol. The first-order chi connectivity index (χ1) is 6.36. The van der Waals surface area contributed by atoms with Crippen molar-refractivity contribution in [3.63, 3.8) is 0 Å². The van der Waals surface area contributed by atoms with Gasteiger partial charge in [0.2, 0.25) is 0 Å². The van der Waals surface area contributed by atoms with E-state index in [1.807, 2.05) is 0 Å². The first-order valence-corrected chi connectivity index (χ1v) is 4.58. The Kier molecular flexibility index (Phi) is 2.40. The fourth-order valence-corrected chi connectivity index (χ4v) is 1.67. The molecular weight excluding hydrogens is 166 g/mol. The van der Waals surface area contributed by atoms with Crippen LogP contribution in [0, 0.1) is 5.92 Å². The summed E-state index contributed by atoms with van der Waals surface area (Å²) in [7, 11) is 0. The molecule has 0 spiro atoms. The molecule has 0 amide bonds. The summed E-state index contributed by atoms with van der Waals surface area (Å²) in [5.41, 5.74) is -0.144. The van der Waals surface area contributed by atoms with Gasteiger partial charge in [0.15, 0.2) is 0 Å². The van der Waals surface area contributed by atoms with E-state index in [0.717, 1.165) is 26.1 Å². The van der Waals surface area contributed by atoms with Crippen LogP contribution in [0.25, 0.3) is 0 Å². The number of hydrogen-bond acceptors (Lipinski definition) is 3. The Morgan fingerprint density at radius 3 is 3.31 bits per heavy atom. The fourth-order valence-electron chi connectivity index (χ4n) is 1.67. The monoisotopic (exact) mass is 179 g/mol. The van der Waals surface area contributed by atoms with Gasteiger partial charge >= 0.3 is 5.69 Å². The lowest BCUT2D eigenvalue weighted by molar-refractivity contribution is 0.466. The van der Waals surface area contributed by atoms with Crippen LogP contribution in [0.3, 0.4) is 0 Å². The molecule has 0 saturated carbocycles. The molecule has 2 heterocycles. The quantitative estimate of drug-likeness (QED) is 0.687. The largest absolute Gasteiger partial charge is 0.347 e. The van der Waals surface area contributed by atoms with Gasteiger partial charge in [-0.1, -0.05) is 0 Å². The van der Waals surface area contributed by atoms with Crippen LogP contribution in [0.15, 0.2) is 23.3 Å². The van der Waals surface area contributed by atoms with Crippen LogP contribution < -0.4 is 11.0 Å². The van der Waals surface area contributed by atoms with Gasteiger partial charge in [0.05, 0.1) is 0 Å². The Morgan fingerprint density at radius 1 is 1.69 bits per heavy atom. The molecule has 0 bridgehead atoms. The van der Waals surface area contributed by atoms with Gasteiger partial charge in [0.1, 0.15) is 0 Å². The van der Waals surface area contributed by atoms with Gasteiger partial charge in [-0.05, 0) is 31.5 Å². The topological polar surface area (TPSA) is 46.9 Å². The lowest BCUT2D eigenvalue weighted by Gasteiger charge is -2.09. The van der Waals surface area contributed by atoms with Crippen molar-refractivity contribution in [3.8, 4) is 0 Å². The minimum Gasteiger partial charge on any atom is -0.316 e. The number of aromatic nitrogens is 2. The van der Waals surface area contributed by atoms with Gasteiger partial charge in [-0.3, -0.25) is 4.57 Å². The molecule has 1 unspecified atom stereocenters. The molecule has 1 aromatic rings. The minimum atomic E-state index is -0.144. The molecule has 0 aliphatic carbocycles. The Morgan fingerprint density at radius 2 is 2.62 bits per heavy atom. The highest BCUT2D eigenvalue weighted by Crippen LogP contribution is 2.08. The van der Waals surface area contributed by atoms with Gasteiger partial charge in [-0.2, -0.15) is 0 Å². The number of nitrogens with one attached hydrogen (secondary N) is 1. The van der Waals surface area contributed by atoms with E-state index in [9.17, 15) is 4.79 Å². The molecule has 1 aliphatic heterocycles. The summed E-state index contributed by atoms with van der Waals surface area (Å²) in [6, 6.07) is 1.80. The second kappa shape index (κ2) is 3.70. The average molecular weight is 179 g/mol. The van der Waals surface area contributed by atoms with Crippen molar-refractivity contribution in [2.45, 2.75) is 13.0 Å². The molecule has 1 fully saturated rings. The highest BCUT2D eigenvalue weighted by atomic mass is 16.1. The smallest absolute Gasteiger partial charge is 0.316 e. The van der Waals surface area contributed by atoms with Crippen LogP contribution in [0.5, 0.6) is 0 Å². The summed E-state index contributed by atoms with van der Waals surface area (Å²) in [4.78, 5) is 14.9. The molecule has 1 atom stereocenters. The van der Waals surface area contributed by atoms with E-state index in [1.165, 1.54) is 6.20 Å². The SMILES string of the molecule is O=c1ncccn1CC1CCNC1. The van der Waals surface area contributed by atoms with E-state index in [-0.39, 0.29) is 5.69 Å². The van der Waals surface area contributed by atoms with E-state index in [4.69, 9.17) is 0 Å². The van der Waals surface area contributed by atoms with Crippen molar-refractivity contribution in [2.24, 2.45) is 5.92 Å². The zero-order chi connectivity index (χ0) is 9.10.